The van der Waals surface area contributed by atoms with Crippen molar-refractivity contribution < 1.29 is 14.3 Å². The summed E-state index contributed by atoms with van der Waals surface area (Å²) in [4.78, 5) is 11.8. The molecule has 0 bridgehead atoms. The van der Waals surface area contributed by atoms with E-state index in [1.165, 1.54) is 0 Å². The molecule has 0 saturated carbocycles. The Balaban J connectivity index is 2.63. The summed E-state index contributed by atoms with van der Waals surface area (Å²) in [6, 6.07) is 7.39. The summed E-state index contributed by atoms with van der Waals surface area (Å²) in [6.07, 6.45) is 0.577. The maximum Gasteiger partial charge on any atom is 0.227 e. The average Bonchev–Trinajstić information content (AvgIpc) is 2.47. The molecule has 0 saturated heterocycles. The van der Waals surface area contributed by atoms with Gasteiger partial charge in [-0.1, -0.05) is 27.7 Å². The molecule has 0 spiro atoms. The molecule has 1 aromatic rings. The minimum atomic E-state index is -0.254. The number of carbonyl (C=O) groups is 1. The second-order valence-electron chi connectivity index (χ2n) is 5.51. The van der Waals surface area contributed by atoms with Gasteiger partial charge >= 0.3 is 0 Å². The van der Waals surface area contributed by atoms with Gasteiger partial charge in [0, 0.05) is 24.1 Å². The Morgan fingerprint density at radius 1 is 1.14 bits per heavy atom. The van der Waals surface area contributed by atoms with Crippen molar-refractivity contribution >= 4 is 11.6 Å². The number of rotatable bonds is 8. The molecule has 118 valence electrons. The van der Waals surface area contributed by atoms with Crippen LogP contribution in [-0.4, -0.2) is 18.8 Å². The molecule has 0 heterocycles. The van der Waals surface area contributed by atoms with Gasteiger partial charge in [-0.15, -0.1) is 0 Å². The summed E-state index contributed by atoms with van der Waals surface area (Å²) in [7, 11) is 0. The highest BCUT2D eigenvalue weighted by molar-refractivity contribution is 5.92. The number of hydrogen-bond acceptors (Lipinski definition) is 3. The van der Waals surface area contributed by atoms with Crippen molar-refractivity contribution in [2.75, 3.05) is 11.9 Å². The molecule has 2 atom stereocenters. The number of hydrogen-bond donors (Lipinski definition) is 1. The van der Waals surface area contributed by atoms with E-state index in [9.17, 15) is 4.79 Å². The predicted octanol–water partition coefficient (Wildman–Crippen LogP) is 4.07. The van der Waals surface area contributed by atoms with Gasteiger partial charge in [0.1, 0.15) is 5.75 Å². The lowest BCUT2D eigenvalue weighted by Gasteiger charge is -2.22. The molecule has 0 aliphatic heterocycles. The van der Waals surface area contributed by atoms with Crippen LogP contribution >= 0.6 is 0 Å². The fourth-order valence-corrected chi connectivity index (χ4v) is 1.73. The SMILES string of the molecule is CCOC(Oc1ccc(NC(=O)C(C)CC)cc1)C(C)C. The van der Waals surface area contributed by atoms with Gasteiger partial charge in [-0.05, 0) is 37.6 Å². The first kappa shape index (κ1) is 17.5. The Hall–Kier alpha value is -1.55. The highest BCUT2D eigenvalue weighted by Crippen LogP contribution is 2.20. The van der Waals surface area contributed by atoms with Crippen LogP contribution in [0.3, 0.4) is 0 Å². The van der Waals surface area contributed by atoms with Gasteiger partial charge < -0.3 is 14.8 Å². The zero-order valence-corrected chi connectivity index (χ0v) is 13.7. The summed E-state index contributed by atoms with van der Waals surface area (Å²) in [5.41, 5.74) is 0.783. The molecule has 2 unspecified atom stereocenters. The van der Waals surface area contributed by atoms with Crippen LogP contribution in [0.15, 0.2) is 24.3 Å². The monoisotopic (exact) mass is 293 g/mol. The third-order valence-corrected chi connectivity index (χ3v) is 3.31. The fraction of sp³-hybridized carbons (Fsp3) is 0.588. The van der Waals surface area contributed by atoms with Gasteiger partial charge in [-0.2, -0.15) is 0 Å². The van der Waals surface area contributed by atoms with E-state index >= 15 is 0 Å². The number of amides is 1. The molecule has 1 aromatic carbocycles. The van der Waals surface area contributed by atoms with Crippen molar-refractivity contribution in [2.24, 2.45) is 11.8 Å². The van der Waals surface area contributed by atoms with Gasteiger partial charge in [0.05, 0.1) is 0 Å². The Bertz CT molecular complexity index is 428. The van der Waals surface area contributed by atoms with Crippen molar-refractivity contribution in [1.29, 1.82) is 0 Å². The molecule has 0 fully saturated rings. The Labute approximate surface area is 127 Å². The van der Waals surface area contributed by atoms with E-state index in [0.29, 0.717) is 6.61 Å². The molecule has 0 radical (unpaired) electrons. The molecule has 0 aliphatic carbocycles. The Morgan fingerprint density at radius 2 is 1.76 bits per heavy atom. The molecule has 1 amide bonds. The summed E-state index contributed by atoms with van der Waals surface area (Å²) in [6.45, 7) is 10.6. The standard InChI is InChI=1S/C17H27NO3/c1-6-13(5)16(19)18-14-8-10-15(11-9-14)21-17(12(3)4)20-7-2/h8-13,17H,6-7H2,1-5H3,(H,18,19). The maximum atomic E-state index is 11.8. The third-order valence-electron chi connectivity index (χ3n) is 3.31. The Kier molecular flexibility index (Phi) is 7.23. The van der Waals surface area contributed by atoms with Gasteiger partial charge in [-0.25, -0.2) is 0 Å². The summed E-state index contributed by atoms with van der Waals surface area (Å²) < 4.78 is 11.4. The molecule has 4 nitrogen and oxygen atoms in total. The van der Waals surface area contributed by atoms with Crippen LogP contribution in [0.4, 0.5) is 5.69 Å². The predicted molar refractivity (Wildman–Crippen MR) is 85.4 cm³/mol. The number of nitrogens with one attached hydrogen (secondary N) is 1. The molecule has 1 N–H and O–H groups in total. The van der Waals surface area contributed by atoms with Crippen LogP contribution in [0.1, 0.15) is 41.0 Å². The van der Waals surface area contributed by atoms with Crippen LogP contribution in [0.25, 0.3) is 0 Å². The van der Waals surface area contributed by atoms with E-state index in [1.807, 2.05) is 45.0 Å². The van der Waals surface area contributed by atoms with Gasteiger partial charge in [0.15, 0.2) is 0 Å². The van der Waals surface area contributed by atoms with Gasteiger partial charge in [0.25, 0.3) is 0 Å². The first-order chi connectivity index (χ1) is 9.97. The zero-order chi connectivity index (χ0) is 15.8. The van der Waals surface area contributed by atoms with E-state index in [-0.39, 0.29) is 24.0 Å². The van der Waals surface area contributed by atoms with Crippen LogP contribution in [-0.2, 0) is 9.53 Å². The second kappa shape index (κ2) is 8.67. The number of benzene rings is 1. The van der Waals surface area contributed by atoms with Crippen molar-refractivity contribution in [2.45, 2.75) is 47.3 Å². The normalized spacial score (nSPS) is 13.8. The van der Waals surface area contributed by atoms with E-state index in [2.05, 4.69) is 19.2 Å². The van der Waals surface area contributed by atoms with Crippen LogP contribution < -0.4 is 10.1 Å². The average molecular weight is 293 g/mol. The number of ether oxygens (including phenoxy) is 2. The van der Waals surface area contributed by atoms with E-state index in [1.54, 1.807) is 0 Å². The number of anilines is 1. The molecule has 0 aromatic heterocycles. The molecular weight excluding hydrogens is 266 g/mol. The van der Waals surface area contributed by atoms with Crippen molar-refractivity contribution in [1.82, 2.24) is 0 Å². The summed E-state index contributed by atoms with van der Waals surface area (Å²) in [5.74, 6) is 1.07. The number of carbonyl (C=O) groups excluding carboxylic acids is 1. The van der Waals surface area contributed by atoms with Crippen LogP contribution in [0, 0.1) is 11.8 Å². The first-order valence-electron chi connectivity index (χ1n) is 7.67. The molecule has 21 heavy (non-hydrogen) atoms. The van der Waals surface area contributed by atoms with Crippen LogP contribution in [0.2, 0.25) is 0 Å². The largest absolute Gasteiger partial charge is 0.465 e. The summed E-state index contributed by atoms with van der Waals surface area (Å²) in [5, 5.41) is 2.90. The van der Waals surface area contributed by atoms with Crippen molar-refractivity contribution in [3.05, 3.63) is 24.3 Å². The first-order valence-corrected chi connectivity index (χ1v) is 7.67. The minimum Gasteiger partial charge on any atom is -0.465 e. The van der Waals surface area contributed by atoms with E-state index < -0.39 is 0 Å². The lowest BCUT2D eigenvalue weighted by Crippen LogP contribution is -2.26. The molecular formula is C17H27NO3. The lowest BCUT2D eigenvalue weighted by molar-refractivity contribution is -0.119. The van der Waals surface area contributed by atoms with Gasteiger partial charge in [0.2, 0.25) is 12.2 Å². The second-order valence-corrected chi connectivity index (χ2v) is 5.51. The summed E-state index contributed by atoms with van der Waals surface area (Å²) >= 11 is 0. The van der Waals surface area contributed by atoms with Crippen molar-refractivity contribution in [3.8, 4) is 5.75 Å². The zero-order valence-electron chi connectivity index (χ0n) is 13.7. The van der Waals surface area contributed by atoms with Gasteiger partial charge in [-0.3, -0.25) is 4.79 Å². The highest BCUT2D eigenvalue weighted by atomic mass is 16.7. The topological polar surface area (TPSA) is 47.6 Å². The highest BCUT2D eigenvalue weighted by Gasteiger charge is 2.15. The smallest absolute Gasteiger partial charge is 0.227 e. The maximum absolute atomic E-state index is 11.8. The van der Waals surface area contributed by atoms with Crippen molar-refractivity contribution in [3.63, 3.8) is 0 Å². The fourth-order valence-electron chi connectivity index (χ4n) is 1.73. The minimum absolute atomic E-state index is 0.0178. The molecule has 0 aliphatic rings. The van der Waals surface area contributed by atoms with Crippen LogP contribution in [0.5, 0.6) is 5.75 Å². The van der Waals surface area contributed by atoms with E-state index in [0.717, 1.165) is 17.9 Å². The lowest BCUT2D eigenvalue weighted by atomic mass is 10.1. The quantitative estimate of drug-likeness (QED) is 0.735. The third kappa shape index (κ3) is 5.76. The molecule has 4 heteroatoms. The van der Waals surface area contributed by atoms with E-state index in [4.69, 9.17) is 9.47 Å². The Morgan fingerprint density at radius 3 is 2.24 bits per heavy atom. The molecule has 1 rings (SSSR count).